The molecule has 10 aliphatic heterocycles. The average molecular weight is 2050 g/mol. The van der Waals surface area contributed by atoms with Gasteiger partial charge in [0.15, 0.2) is 45.3 Å². The number of ketones is 5. The van der Waals surface area contributed by atoms with Crippen LogP contribution in [-0.2, 0) is 12.4 Å². The Morgan fingerprint density at radius 1 is 0.394 bits per heavy atom. The zero-order chi connectivity index (χ0) is 93.4. The van der Waals surface area contributed by atoms with Crippen molar-refractivity contribution in [2.45, 2.75) is 135 Å². The molecule has 9 aromatic carbocycles. The second kappa shape index (κ2) is 32.5. The number of aliphatic imine (C=N–C) groups is 5. The zero-order valence-electron chi connectivity index (χ0n) is 72.0. The number of nitrogens with zero attached hydrogens (tertiary/aromatic N) is 12. The number of fused-ring (bicyclic) bond motifs is 13. The second-order valence-corrected chi connectivity index (χ2v) is 38.9. The number of amidine groups is 5. The highest BCUT2D eigenvalue weighted by molar-refractivity contribution is 14.1. The zero-order valence-corrected chi connectivity index (χ0v) is 78.0. The smallest absolute Gasteiger partial charge is 0.416 e. The highest BCUT2D eigenvalue weighted by Crippen LogP contribution is 2.51. The number of benzene rings is 9. The summed E-state index contributed by atoms with van der Waals surface area (Å²) in [6.45, 7) is 18.5. The van der Waals surface area contributed by atoms with Gasteiger partial charge in [0.25, 0.3) is 0 Å². The number of hydrogen-bond donors (Lipinski definition) is 5. The SMILES string of the molecule is Cc1cc2c(cc1C(F)(F)F)N=C1N(c3ccc(I)cc3)CC[C@@]1(O)C2=O.Cc1cc2c(cc1C(F)(F)F)N=C1N(c3ccc4ccoc4c3)CC[C@@]1(O)C2=O.Cc1cc2c(cc1C)C(=O)[C@]1(O)CCN(c3ccc4scnc4c3)C1=N2.Cc1nc2cc(N3CC[C@@]4(O)C(=O)c5cc(C)c(C)cc5N=C34)ccc2o1.Cc1sc2c(c1C)C(=O)[C@]1(O)CCN(c3ccc(I)cc3)C1=N2. The van der Waals surface area contributed by atoms with Crippen LogP contribution in [0, 0.1) is 69.5 Å². The lowest BCUT2D eigenvalue weighted by Gasteiger charge is -2.30. The Kier molecular flexibility index (Phi) is 22.0. The van der Waals surface area contributed by atoms with Crippen molar-refractivity contribution in [1.29, 1.82) is 0 Å². The predicted molar refractivity (Wildman–Crippen MR) is 513 cm³/mol. The molecule has 5 saturated heterocycles. The number of aliphatic hydroxyl groups is 5. The molecular weight excluding hydrogens is 1970 g/mol. The fraction of sp³-hybridized carbons (Fsp3) is 0.265. The summed E-state index contributed by atoms with van der Waals surface area (Å²) in [5, 5.41) is 57.0. The summed E-state index contributed by atoms with van der Waals surface area (Å²) >= 11 is 7.53. The molecule has 5 atom stereocenters. The van der Waals surface area contributed by atoms with Crippen molar-refractivity contribution >= 4 is 214 Å². The Bertz CT molecular complexity index is 7330. The van der Waals surface area contributed by atoms with Gasteiger partial charge < -0.3 is 58.9 Å². The van der Waals surface area contributed by atoms with Crippen LogP contribution >= 0.6 is 67.9 Å². The van der Waals surface area contributed by atoms with Crippen LogP contribution in [0.25, 0.3) is 32.3 Å². The van der Waals surface area contributed by atoms with Crippen LogP contribution in [-0.4, -0.2) is 154 Å². The van der Waals surface area contributed by atoms with Crippen molar-refractivity contribution in [2.75, 3.05) is 57.2 Å². The number of hydrogen-bond acceptors (Lipinski definition) is 26. The van der Waals surface area contributed by atoms with Gasteiger partial charge in [-0.2, -0.15) is 26.3 Å². The highest BCUT2D eigenvalue weighted by Gasteiger charge is 2.59. The Morgan fingerprint density at radius 3 is 1.20 bits per heavy atom. The number of carbonyl (C=O) groups is 5. The van der Waals surface area contributed by atoms with Crippen LogP contribution in [0.1, 0.15) is 145 Å². The van der Waals surface area contributed by atoms with Gasteiger partial charge in [-0.05, 0) is 291 Å². The first-order valence-electron chi connectivity index (χ1n) is 42.2. The normalized spacial score (nSPS) is 21.8. The van der Waals surface area contributed by atoms with E-state index < -0.39 is 63.1 Å². The van der Waals surface area contributed by atoms with E-state index in [2.05, 4.69) is 70.1 Å². The summed E-state index contributed by atoms with van der Waals surface area (Å²) < 4.78 is 93.9. The predicted octanol–water partition coefficient (Wildman–Crippen LogP) is 20.4. The molecule has 14 heterocycles. The molecule has 132 heavy (non-hydrogen) atoms. The molecule has 0 radical (unpaired) electrons. The molecule has 0 saturated carbocycles. The number of thiophene rings is 1. The number of rotatable bonds is 5. The fourth-order valence-corrected chi connectivity index (χ4v) is 20.9. The summed E-state index contributed by atoms with van der Waals surface area (Å²) in [6.07, 6.45) is -6.29. The molecule has 0 aliphatic carbocycles. The van der Waals surface area contributed by atoms with Gasteiger partial charge in [-0.3, -0.25) is 24.0 Å². The Balaban J connectivity index is 0.000000107. The largest absolute Gasteiger partial charge is 0.464 e. The van der Waals surface area contributed by atoms with Crippen molar-refractivity contribution in [2.24, 2.45) is 25.0 Å². The third-order valence-electron chi connectivity index (χ3n) is 26.1. The van der Waals surface area contributed by atoms with Crippen LogP contribution in [0.5, 0.6) is 0 Å². The van der Waals surface area contributed by atoms with E-state index in [9.17, 15) is 75.8 Å². The van der Waals surface area contributed by atoms with E-state index in [1.54, 1.807) is 52.5 Å². The van der Waals surface area contributed by atoms with Gasteiger partial charge in [0.1, 0.15) is 39.4 Å². The van der Waals surface area contributed by atoms with E-state index in [1.807, 2.05) is 177 Å². The van der Waals surface area contributed by atoms with Gasteiger partial charge in [0.2, 0.25) is 28.9 Å². The average Bonchev–Trinajstić information content (AvgIpc) is 1.44. The van der Waals surface area contributed by atoms with Gasteiger partial charge in [0, 0.05) is 146 Å². The van der Waals surface area contributed by atoms with Gasteiger partial charge >= 0.3 is 12.4 Å². The maximum atomic E-state index is 13.3. The van der Waals surface area contributed by atoms with Crippen LogP contribution in [0.2, 0.25) is 0 Å². The Morgan fingerprint density at radius 2 is 0.758 bits per heavy atom. The topological polar surface area (TPSA) is 317 Å². The number of alkyl halides is 6. The summed E-state index contributed by atoms with van der Waals surface area (Å²) in [6, 6.07) is 45.9. The molecule has 24 nitrogen and oxygen atoms in total. The number of aromatic nitrogens is 2. The Hall–Kier alpha value is -11.9. The third-order valence-corrected chi connectivity index (χ3v) is 29.5. The maximum Gasteiger partial charge on any atom is 0.416 e. The number of halogens is 8. The molecule has 0 spiro atoms. The number of furan rings is 1. The molecule has 0 unspecified atom stereocenters. The first-order chi connectivity index (χ1) is 62.5. The van der Waals surface area contributed by atoms with Gasteiger partial charge in [-0.15, -0.1) is 22.7 Å². The van der Waals surface area contributed by atoms with Gasteiger partial charge in [0.05, 0.1) is 61.4 Å². The third kappa shape index (κ3) is 15.0. The van der Waals surface area contributed by atoms with E-state index in [1.165, 1.54) is 31.3 Å². The molecule has 5 N–H and O–H groups in total. The van der Waals surface area contributed by atoms with E-state index in [4.69, 9.17) is 18.8 Å². The number of thiazole rings is 1. The van der Waals surface area contributed by atoms with Gasteiger partial charge in [-0.25, -0.2) is 34.9 Å². The first-order valence-corrected chi connectivity index (χ1v) is 46.0. The van der Waals surface area contributed by atoms with Crippen molar-refractivity contribution in [3.8, 4) is 0 Å². The molecular formula is C98H80F6I2N12O12S2. The lowest BCUT2D eigenvalue weighted by Crippen LogP contribution is -2.48. The monoisotopic (exact) mass is 2050 g/mol. The van der Waals surface area contributed by atoms with Crippen LogP contribution in [0.4, 0.5) is 82.5 Å². The standard InChI is InChI=1S/C21H15F3N2O3.C21H19N3O3.C20H17N3O2S.C19H14F3IN2O2.C17H15IN2O2S/c1-11-8-14-16(10-15(11)21(22,23)24)25-19-20(28,18(14)27)5-6-26(19)13-3-2-12-4-7-29-17(12)9-13;1-11-8-15-16(9-12(11)2)23-20-21(26,19(15)25)6-7-24(20)14-4-5-18-17(10-14)22-13(3)27-18;1-11-7-14-15(8-12(11)2)22-19-20(25,18(14)24)5-6-23(19)13-3-4-17-16(9-13)21-10-26-17;1-10-8-13-15(9-14(10)19(20,21)22)24-17-18(27,16(13)26)6-7-25(17)12-4-2-11(23)3-5-12;1-9-10(2)23-15-13(9)14(21)17(22)7-8-20(16(17)19-15)12-5-3-11(18)4-6-12/h2-4,7-10,28H,5-6H2,1H3;4-5,8-10,26H,6-7H2,1-3H3;3-4,7-10,25H,5-6H2,1-2H3;2-5,8-9,27H,6-7H2,1H3;3-6,22H,7-8H2,1-2H3/t20-;21-;20-;18-;17-/m11111/s1. The molecule has 34 heteroatoms. The number of oxazole rings is 1. The van der Waals surface area contributed by atoms with E-state index in [-0.39, 0.29) is 75.5 Å². The van der Waals surface area contributed by atoms with E-state index >= 15 is 0 Å². The molecule has 672 valence electrons. The van der Waals surface area contributed by atoms with Crippen LogP contribution in [0.15, 0.2) is 203 Å². The number of Topliss-reactive ketones (excluding diaryl/α,β-unsaturated/α-hetero) is 5. The lowest BCUT2D eigenvalue weighted by molar-refractivity contribution is -0.138. The fourth-order valence-electron chi connectivity index (χ4n) is 18.5. The molecule has 5 fully saturated rings. The molecule has 13 aromatic rings. The minimum absolute atomic E-state index is 0.00471. The summed E-state index contributed by atoms with van der Waals surface area (Å²) in [4.78, 5) is 107. The Labute approximate surface area is 785 Å². The quantitative estimate of drug-likeness (QED) is 0.0789. The van der Waals surface area contributed by atoms with Crippen molar-refractivity contribution in [1.82, 2.24) is 9.97 Å². The molecule has 0 amide bonds. The molecule has 10 aliphatic rings. The number of carbonyl (C=O) groups excluding carboxylic acids is 5. The van der Waals surface area contributed by atoms with Crippen molar-refractivity contribution in [3.63, 3.8) is 0 Å². The maximum absolute atomic E-state index is 13.3. The van der Waals surface area contributed by atoms with Crippen molar-refractivity contribution < 1.29 is 84.7 Å². The number of anilines is 5. The van der Waals surface area contributed by atoms with Crippen LogP contribution in [0.3, 0.4) is 0 Å². The number of aryl methyl sites for hydroxylation is 8. The van der Waals surface area contributed by atoms with Crippen LogP contribution < -0.4 is 24.5 Å². The minimum atomic E-state index is -4.56. The highest BCUT2D eigenvalue weighted by atomic mass is 127. The van der Waals surface area contributed by atoms with Crippen molar-refractivity contribution in [3.05, 3.63) is 265 Å². The second-order valence-electron chi connectivity index (χ2n) is 34.4. The minimum Gasteiger partial charge on any atom is -0.464 e. The summed E-state index contributed by atoms with van der Waals surface area (Å²) in [7, 11) is 0. The van der Waals surface area contributed by atoms with E-state index in [0.29, 0.717) is 120 Å². The summed E-state index contributed by atoms with van der Waals surface area (Å²) in [5.74, 6) is 0.0501. The summed E-state index contributed by atoms with van der Waals surface area (Å²) in [5.41, 5.74) is 6.64. The molecule has 0 bridgehead atoms. The molecule has 23 rings (SSSR count). The lowest BCUT2D eigenvalue weighted by atomic mass is 9.86. The first kappa shape index (κ1) is 89.3. The van der Waals surface area contributed by atoms with Gasteiger partial charge in [-0.1, -0.05) is 0 Å². The molecule has 4 aromatic heterocycles. The van der Waals surface area contributed by atoms with E-state index in [0.717, 1.165) is 107 Å².